The summed E-state index contributed by atoms with van der Waals surface area (Å²) in [5, 5.41) is 5.71. The van der Waals surface area contributed by atoms with E-state index in [0.29, 0.717) is 48.9 Å². The van der Waals surface area contributed by atoms with E-state index in [0.717, 1.165) is 5.56 Å². The number of rotatable bonds is 10. The van der Waals surface area contributed by atoms with Crippen LogP contribution in [0.15, 0.2) is 78.9 Å². The van der Waals surface area contributed by atoms with Gasteiger partial charge in [-0.1, -0.05) is 30.3 Å². The molecule has 0 radical (unpaired) electrons. The van der Waals surface area contributed by atoms with E-state index in [1.807, 2.05) is 37.3 Å². The summed E-state index contributed by atoms with van der Waals surface area (Å²) in [7, 11) is 0. The number of anilines is 1. The molecule has 0 saturated carbocycles. The first-order valence-electron chi connectivity index (χ1n) is 10.2. The normalized spacial score (nSPS) is 10.4. The van der Waals surface area contributed by atoms with Crippen LogP contribution in [0.2, 0.25) is 0 Å². The summed E-state index contributed by atoms with van der Waals surface area (Å²) in [4.78, 5) is 24.7. The number of hydrogen-bond acceptors (Lipinski definition) is 4. The summed E-state index contributed by atoms with van der Waals surface area (Å²) in [6.07, 6.45) is 0. The topological polar surface area (TPSA) is 76.7 Å². The Morgan fingerprint density at radius 1 is 0.774 bits per heavy atom. The van der Waals surface area contributed by atoms with Gasteiger partial charge in [0.1, 0.15) is 12.4 Å². The van der Waals surface area contributed by atoms with Crippen molar-refractivity contribution in [2.75, 3.05) is 25.1 Å². The lowest BCUT2D eigenvalue weighted by Crippen LogP contribution is -2.22. The molecule has 0 fully saturated rings. The molecule has 0 aromatic heterocycles. The van der Waals surface area contributed by atoms with Crippen LogP contribution >= 0.6 is 0 Å². The van der Waals surface area contributed by atoms with Gasteiger partial charge in [0.05, 0.1) is 6.61 Å². The number of carbonyl (C=O) groups excluding carboxylic acids is 2. The van der Waals surface area contributed by atoms with Gasteiger partial charge in [-0.25, -0.2) is 0 Å². The first-order chi connectivity index (χ1) is 15.2. The Labute approximate surface area is 182 Å². The number of ether oxygens (including phenoxy) is 2. The van der Waals surface area contributed by atoms with E-state index >= 15 is 0 Å². The van der Waals surface area contributed by atoms with Crippen molar-refractivity contribution in [1.29, 1.82) is 0 Å². The molecule has 160 valence electrons. The van der Waals surface area contributed by atoms with E-state index < -0.39 is 0 Å². The standard InChI is InChI=1S/C25H26N2O4/c1-2-30-16-17-31-23-14-10-21(11-15-23)25(29)27-22-12-8-20(9-13-22)24(28)26-18-19-6-4-3-5-7-19/h3-15H,2,16-18H2,1H3,(H,26,28)(H,27,29). The molecule has 6 heteroatoms. The van der Waals surface area contributed by atoms with Crippen LogP contribution in [0.25, 0.3) is 0 Å². The molecule has 0 aliphatic carbocycles. The smallest absolute Gasteiger partial charge is 0.255 e. The Hall–Kier alpha value is -3.64. The van der Waals surface area contributed by atoms with Crippen molar-refractivity contribution in [3.05, 3.63) is 95.6 Å². The van der Waals surface area contributed by atoms with Crippen LogP contribution < -0.4 is 15.4 Å². The van der Waals surface area contributed by atoms with Gasteiger partial charge in [-0.2, -0.15) is 0 Å². The van der Waals surface area contributed by atoms with Gasteiger partial charge in [0, 0.05) is 30.0 Å². The molecule has 0 heterocycles. The second-order valence-corrected chi connectivity index (χ2v) is 6.77. The van der Waals surface area contributed by atoms with Gasteiger partial charge in [0.2, 0.25) is 0 Å². The van der Waals surface area contributed by atoms with Crippen molar-refractivity contribution in [1.82, 2.24) is 5.32 Å². The van der Waals surface area contributed by atoms with Gasteiger partial charge in [-0.3, -0.25) is 9.59 Å². The molecule has 31 heavy (non-hydrogen) atoms. The highest BCUT2D eigenvalue weighted by atomic mass is 16.5. The van der Waals surface area contributed by atoms with Crippen LogP contribution in [0.3, 0.4) is 0 Å². The second-order valence-electron chi connectivity index (χ2n) is 6.77. The second kappa shape index (κ2) is 11.5. The molecule has 2 N–H and O–H groups in total. The largest absolute Gasteiger partial charge is 0.491 e. The molecular weight excluding hydrogens is 392 g/mol. The quantitative estimate of drug-likeness (QED) is 0.482. The van der Waals surface area contributed by atoms with Gasteiger partial charge in [-0.05, 0) is 61.0 Å². The fraction of sp³-hybridized carbons (Fsp3) is 0.200. The summed E-state index contributed by atoms with van der Waals surface area (Å²) in [5.41, 5.74) is 2.69. The molecule has 0 atom stereocenters. The van der Waals surface area contributed by atoms with E-state index in [9.17, 15) is 9.59 Å². The maximum absolute atomic E-state index is 12.5. The third-order valence-corrected chi connectivity index (χ3v) is 4.52. The first kappa shape index (κ1) is 22.1. The fourth-order valence-electron chi connectivity index (χ4n) is 2.85. The minimum atomic E-state index is -0.234. The molecule has 2 amide bonds. The predicted molar refractivity (Wildman–Crippen MR) is 120 cm³/mol. The third-order valence-electron chi connectivity index (χ3n) is 4.52. The molecule has 6 nitrogen and oxygen atoms in total. The molecule has 0 spiro atoms. The Kier molecular flexibility index (Phi) is 8.20. The lowest BCUT2D eigenvalue weighted by Gasteiger charge is -2.09. The SMILES string of the molecule is CCOCCOc1ccc(C(=O)Nc2ccc(C(=O)NCc3ccccc3)cc2)cc1. The van der Waals surface area contributed by atoms with Gasteiger partial charge in [0.25, 0.3) is 11.8 Å². The summed E-state index contributed by atoms with van der Waals surface area (Å²) < 4.78 is 10.8. The fourth-order valence-corrected chi connectivity index (χ4v) is 2.85. The maximum Gasteiger partial charge on any atom is 0.255 e. The van der Waals surface area contributed by atoms with Gasteiger partial charge in [0.15, 0.2) is 0 Å². The average Bonchev–Trinajstić information content (AvgIpc) is 2.82. The molecular formula is C25H26N2O4. The molecule has 3 aromatic rings. The Balaban J connectivity index is 1.49. The highest BCUT2D eigenvalue weighted by Crippen LogP contribution is 2.15. The summed E-state index contributed by atoms with van der Waals surface area (Å²) >= 11 is 0. The number of amides is 2. The Morgan fingerprint density at radius 3 is 2.10 bits per heavy atom. The third kappa shape index (κ3) is 6.97. The van der Waals surface area contributed by atoms with Gasteiger partial charge >= 0.3 is 0 Å². The van der Waals surface area contributed by atoms with Crippen LogP contribution in [-0.2, 0) is 11.3 Å². The zero-order chi connectivity index (χ0) is 21.9. The number of nitrogens with one attached hydrogen (secondary N) is 2. The van der Waals surface area contributed by atoms with Crippen LogP contribution in [0.5, 0.6) is 5.75 Å². The summed E-state index contributed by atoms with van der Waals surface area (Å²) in [5.74, 6) is 0.283. The highest BCUT2D eigenvalue weighted by Gasteiger charge is 2.09. The minimum absolute atomic E-state index is 0.165. The van der Waals surface area contributed by atoms with E-state index in [1.54, 1.807) is 48.5 Å². The molecule has 0 aliphatic rings. The lowest BCUT2D eigenvalue weighted by molar-refractivity contribution is 0.0950. The molecule has 0 aliphatic heterocycles. The van der Waals surface area contributed by atoms with Crippen LogP contribution in [-0.4, -0.2) is 31.6 Å². The summed E-state index contributed by atoms with van der Waals surface area (Å²) in [6.45, 7) is 4.04. The zero-order valence-corrected chi connectivity index (χ0v) is 17.5. The van der Waals surface area contributed by atoms with Crippen LogP contribution in [0, 0.1) is 0 Å². The van der Waals surface area contributed by atoms with Crippen LogP contribution in [0.1, 0.15) is 33.2 Å². The molecule has 0 saturated heterocycles. The first-order valence-corrected chi connectivity index (χ1v) is 10.2. The number of benzene rings is 3. The number of hydrogen-bond donors (Lipinski definition) is 2. The molecule has 3 aromatic carbocycles. The zero-order valence-electron chi connectivity index (χ0n) is 17.5. The lowest BCUT2D eigenvalue weighted by atomic mass is 10.1. The van der Waals surface area contributed by atoms with E-state index in [2.05, 4.69) is 10.6 Å². The summed E-state index contributed by atoms with van der Waals surface area (Å²) in [6, 6.07) is 23.4. The van der Waals surface area contributed by atoms with Crippen molar-refractivity contribution in [2.24, 2.45) is 0 Å². The van der Waals surface area contributed by atoms with Crippen molar-refractivity contribution in [3.63, 3.8) is 0 Å². The monoisotopic (exact) mass is 418 g/mol. The Morgan fingerprint density at radius 2 is 1.42 bits per heavy atom. The maximum atomic E-state index is 12.5. The predicted octanol–water partition coefficient (Wildman–Crippen LogP) is 4.28. The van der Waals surface area contributed by atoms with Crippen LogP contribution in [0.4, 0.5) is 5.69 Å². The Bertz CT molecular complexity index is 971. The minimum Gasteiger partial charge on any atom is -0.491 e. The highest BCUT2D eigenvalue weighted by molar-refractivity contribution is 6.04. The molecule has 0 bridgehead atoms. The average molecular weight is 418 g/mol. The molecule has 0 unspecified atom stereocenters. The van der Waals surface area contributed by atoms with Crippen molar-refractivity contribution < 1.29 is 19.1 Å². The van der Waals surface area contributed by atoms with Gasteiger partial charge < -0.3 is 20.1 Å². The van der Waals surface area contributed by atoms with Crippen molar-refractivity contribution in [3.8, 4) is 5.75 Å². The van der Waals surface area contributed by atoms with Crippen molar-refractivity contribution >= 4 is 17.5 Å². The number of carbonyl (C=O) groups is 2. The van der Waals surface area contributed by atoms with Crippen molar-refractivity contribution in [2.45, 2.75) is 13.5 Å². The van der Waals surface area contributed by atoms with E-state index in [-0.39, 0.29) is 11.8 Å². The van der Waals surface area contributed by atoms with E-state index in [1.165, 1.54) is 0 Å². The molecule has 3 rings (SSSR count). The van der Waals surface area contributed by atoms with Gasteiger partial charge in [-0.15, -0.1) is 0 Å². The van der Waals surface area contributed by atoms with E-state index in [4.69, 9.17) is 9.47 Å².